The summed E-state index contributed by atoms with van der Waals surface area (Å²) >= 11 is 0. The quantitative estimate of drug-likeness (QED) is 0.337. The topological polar surface area (TPSA) is 178 Å². The van der Waals surface area contributed by atoms with Gasteiger partial charge in [-0.05, 0) is 51.3 Å². The Bertz CT molecular complexity index is 1740. The number of amides is 1. The fraction of sp³-hybridized carbons (Fsp3) is 0.567. The van der Waals surface area contributed by atoms with Crippen LogP contribution in [0, 0.1) is 5.92 Å². The number of sulfonamides is 2. The van der Waals surface area contributed by atoms with Crippen molar-refractivity contribution < 1.29 is 36.2 Å². The number of benzene rings is 1. The van der Waals surface area contributed by atoms with Crippen molar-refractivity contribution in [2.75, 3.05) is 38.1 Å². The minimum atomic E-state index is -4.05. The summed E-state index contributed by atoms with van der Waals surface area (Å²) in [5.74, 6) is -0.603. The highest BCUT2D eigenvalue weighted by molar-refractivity contribution is 7.92. The molecule has 260 valence electrons. The van der Waals surface area contributed by atoms with E-state index in [0.29, 0.717) is 19.4 Å². The molecule has 1 aliphatic heterocycles. The van der Waals surface area contributed by atoms with Gasteiger partial charge in [-0.15, -0.1) is 0 Å². The third kappa shape index (κ3) is 8.90. The van der Waals surface area contributed by atoms with Gasteiger partial charge in [0.2, 0.25) is 0 Å². The molecule has 0 radical (unpaired) electrons. The number of rotatable bonds is 9. The van der Waals surface area contributed by atoms with Gasteiger partial charge in [0.1, 0.15) is 5.75 Å². The first-order valence-electron chi connectivity index (χ1n) is 15.4. The number of imidazole rings is 2. The Morgan fingerprint density at radius 1 is 1.06 bits per heavy atom. The number of aliphatic hydroxyl groups excluding tert-OH is 1. The lowest BCUT2D eigenvalue weighted by molar-refractivity contribution is -0.00835. The van der Waals surface area contributed by atoms with Crippen LogP contribution in [0.4, 0.5) is 5.69 Å². The third-order valence-corrected chi connectivity index (χ3v) is 11.0. The second-order valence-corrected chi connectivity index (χ2v) is 15.8. The molecule has 0 unspecified atom stereocenters. The number of aliphatic hydroxyl groups is 1. The number of likely N-dealkylation sites (N-methyl/N-ethyl adjacent to an activating group) is 1. The average molecular weight is 696 g/mol. The molecule has 2 aromatic heterocycles. The van der Waals surface area contributed by atoms with Gasteiger partial charge in [0, 0.05) is 64.8 Å². The lowest BCUT2D eigenvalue weighted by atomic mass is 10.0. The number of ether oxygens (including phenoxy) is 2. The van der Waals surface area contributed by atoms with Gasteiger partial charge >= 0.3 is 0 Å². The lowest BCUT2D eigenvalue weighted by Crippen LogP contribution is -2.48. The van der Waals surface area contributed by atoms with Gasteiger partial charge in [-0.25, -0.2) is 18.4 Å². The number of aromatic nitrogens is 4. The molecule has 4 rings (SSSR count). The Morgan fingerprint density at radius 3 is 2.34 bits per heavy atom. The van der Waals surface area contributed by atoms with Crippen molar-refractivity contribution in [3.8, 4) is 5.75 Å². The molecule has 4 atom stereocenters. The van der Waals surface area contributed by atoms with E-state index in [4.69, 9.17) is 9.47 Å². The Hall–Kier alpha value is -3.51. The van der Waals surface area contributed by atoms with Gasteiger partial charge in [0.05, 0.1) is 43.1 Å². The molecule has 0 bridgehead atoms. The number of hydrogen-bond donors (Lipinski definition) is 2. The smallest absolute Gasteiger partial charge is 0.280 e. The predicted octanol–water partition coefficient (Wildman–Crippen LogP) is 2.07. The van der Waals surface area contributed by atoms with Crippen LogP contribution in [0.1, 0.15) is 50.4 Å². The van der Waals surface area contributed by atoms with E-state index in [2.05, 4.69) is 14.7 Å². The molecule has 2 N–H and O–H groups in total. The second-order valence-electron chi connectivity index (χ2n) is 12.2. The summed E-state index contributed by atoms with van der Waals surface area (Å²) in [5, 5.41) is 9.92. The van der Waals surface area contributed by atoms with Gasteiger partial charge in [0.15, 0.2) is 10.1 Å². The van der Waals surface area contributed by atoms with Crippen LogP contribution in [0.5, 0.6) is 5.75 Å². The molecule has 0 aliphatic carbocycles. The predicted molar refractivity (Wildman–Crippen MR) is 174 cm³/mol. The highest BCUT2D eigenvalue weighted by atomic mass is 32.2. The van der Waals surface area contributed by atoms with Crippen molar-refractivity contribution in [2.45, 2.75) is 68.3 Å². The Morgan fingerprint density at radius 2 is 1.72 bits per heavy atom. The van der Waals surface area contributed by atoms with E-state index < -0.39 is 38.1 Å². The van der Waals surface area contributed by atoms with E-state index in [0.717, 1.165) is 6.42 Å². The van der Waals surface area contributed by atoms with E-state index >= 15 is 0 Å². The van der Waals surface area contributed by atoms with Crippen LogP contribution in [0.15, 0.2) is 53.3 Å². The molecule has 3 aromatic rings. The zero-order valence-corrected chi connectivity index (χ0v) is 29.2. The lowest BCUT2D eigenvalue weighted by Gasteiger charge is -2.35. The molecule has 0 saturated heterocycles. The minimum Gasteiger partial charge on any atom is -0.490 e. The van der Waals surface area contributed by atoms with Gasteiger partial charge in [0.25, 0.3) is 26.0 Å². The number of fused-ring (bicyclic) bond motifs is 1. The van der Waals surface area contributed by atoms with Crippen molar-refractivity contribution in [1.29, 1.82) is 0 Å². The molecular weight excluding hydrogens is 651 g/mol. The number of anilines is 1. The maximum atomic E-state index is 14.3. The molecule has 1 aromatic carbocycles. The van der Waals surface area contributed by atoms with E-state index in [9.17, 15) is 26.7 Å². The van der Waals surface area contributed by atoms with E-state index in [1.807, 2.05) is 13.8 Å². The molecule has 1 amide bonds. The normalized spacial score (nSPS) is 21.1. The van der Waals surface area contributed by atoms with Gasteiger partial charge in [-0.1, -0.05) is 6.92 Å². The maximum absolute atomic E-state index is 14.3. The van der Waals surface area contributed by atoms with Gasteiger partial charge in [-0.2, -0.15) is 12.7 Å². The summed E-state index contributed by atoms with van der Waals surface area (Å²) < 4.78 is 71.9. The molecule has 15 nitrogen and oxygen atoms in total. The van der Waals surface area contributed by atoms with Crippen molar-refractivity contribution in [3.05, 3.63) is 48.8 Å². The number of nitrogens with one attached hydrogen (secondary N) is 1. The summed E-state index contributed by atoms with van der Waals surface area (Å²) in [6.45, 7) is 5.56. The van der Waals surface area contributed by atoms with Crippen LogP contribution in [0.2, 0.25) is 0 Å². The van der Waals surface area contributed by atoms with Crippen LogP contribution < -0.4 is 9.46 Å². The van der Waals surface area contributed by atoms with Crippen molar-refractivity contribution in [3.63, 3.8) is 0 Å². The highest BCUT2D eigenvalue weighted by Gasteiger charge is 2.33. The summed E-state index contributed by atoms with van der Waals surface area (Å²) in [4.78, 5) is 23.7. The first kappa shape index (κ1) is 36.3. The SMILES string of the molecule is C[C@@H]1CCCCO[C@@H](CN(C)S(=O)(=O)c2cn(C)cn2)[C@H](C)CN([C@H](C)CO)C(=O)c2cc(NS(=O)(=O)c3cn(C)cn3)ccc2O1. The molecule has 1 aliphatic rings. The van der Waals surface area contributed by atoms with Crippen LogP contribution in [-0.2, 0) is 38.9 Å². The fourth-order valence-electron chi connectivity index (χ4n) is 5.22. The minimum absolute atomic E-state index is 0.00512. The Labute approximate surface area is 276 Å². The summed E-state index contributed by atoms with van der Waals surface area (Å²) in [6.07, 6.45) is 6.79. The fourth-order valence-corrected chi connectivity index (χ4v) is 7.39. The summed E-state index contributed by atoms with van der Waals surface area (Å²) in [6, 6.07) is 3.85. The average Bonchev–Trinajstić information content (AvgIpc) is 3.67. The molecule has 3 heterocycles. The molecule has 0 saturated carbocycles. The van der Waals surface area contributed by atoms with Crippen molar-refractivity contribution in [2.24, 2.45) is 20.0 Å². The monoisotopic (exact) mass is 695 g/mol. The first-order chi connectivity index (χ1) is 22.1. The Balaban J connectivity index is 1.67. The maximum Gasteiger partial charge on any atom is 0.280 e. The van der Waals surface area contributed by atoms with Crippen molar-refractivity contribution >= 4 is 31.6 Å². The zero-order chi connectivity index (χ0) is 34.5. The van der Waals surface area contributed by atoms with Crippen LogP contribution >= 0.6 is 0 Å². The van der Waals surface area contributed by atoms with Crippen LogP contribution in [-0.4, -0.2) is 108 Å². The molecule has 47 heavy (non-hydrogen) atoms. The number of hydrogen-bond acceptors (Lipinski definition) is 10. The number of aryl methyl sites for hydroxylation is 2. The third-order valence-electron chi connectivity index (χ3n) is 8.05. The zero-order valence-electron chi connectivity index (χ0n) is 27.6. The highest BCUT2D eigenvalue weighted by Crippen LogP contribution is 2.29. The number of carbonyl (C=O) groups excluding carboxylic acids is 1. The van der Waals surface area contributed by atoms with E-state index in [1.54, 1.807) is 31.7 Å². The summed E-state index contributed by atoms with van der Waals surface area (Å²) in [5.41, 5.74) is 0.238. The standard InChI is InChI=1S/C30H45N7O8S2/c1-21-14-37(22(2)18-38)30(39)25-13-24(33-46(40,41)28-16-34(4)19-31-28)10-11-26(25)45-23(3)9-7-8-12-44-27(21)15-36(6)47(42,43)29-17-35(5)20-32-29/h10-11,13,16-17,19-23,27,33,38H,7-9,12,14-15,18H2,1-6H3/t21-,22-,23-,27+/m1/s1. The van der Waals surface area contributed by atoms with Gasteiger partial charge < -0.3 is 28.6 Å². The van der Waals surface area contributed by atoms with E-state index in [1.165, 1.54) is 58.0 Å². The Kier molecular flexibility index (Phi) is 11.7. The summed E-state index contributed by atoms with van der Waals surface area (Å²) in [7, 11) is -3.16. The number of carbonyl (C=O) groups is 1. The molecule has 0 spiro atoms. The largest absolute Gasteiger partial charge is 0.490 e. The van der Waals surface area contributed by atoms with Crippen molar-refractivity contribution in [1.82, 2.24) is 28.3 Å². The molecule has 0 fully saturated rings. The number of nitrogens with zero attached hydrogens (tertiary/aromatic N) is 6. The van der Waals surface area contributed by atoms with E-state index in [-0.39, 0.29) is 58.8 Å². The second kappa shape index (κ2) is 15.1. The first-order valence-corrected chi connectivity index (χ1v) is 18.3. The van der Waals surface area contributed by atoms with Crippen LogP contribution in [0.3, 0.4) is 0 Å². The van der Waals surface area contributed by atoms with Gasteiger partial charge in [-0.3, -0.25) is 9.52 Å². The van der Waals surface area contributed by atoms with Crippen LogP contribution in [0.25, 0.3) is 0 Å². The molecule has 17 heteroatoms. The molecular formula is C30H45N7O8S2.